The van der Waals surface area contributed by atoms with Gasteiger partial charge in [0.05, 0.1) is 18.6 Å². The average molecular weight is 319 g/mol. The fraction of sp³-hybridized carbons (Fsp3) is 0.294. The number of nitrogens with one attached hydrogen (secondary N) is 1. The van der Waals surface area contributed by atoms with Gasteiger partial charge in [0.2, 0.25) is 10.0 Å². The van der Waals surface area contributed by atoms with E-state index < -0.39 is 10.0 Å². The minimum absolute atomic E-state index is 0.0665. The van der Waals surface area contributed by atoms with Crippen molar-refractivity contribution in [3.63, 3.8) is 0 Å². The third kappa shape index (κ3) is 4.24. The Kier molecular flexibility index (Phi) is 5.08. The summed E-state index contributed by atoms with van der Waals surface area (Å²) in [6, 6.07) is 14.6. The second kappa shape index (κ2) is 6.83. The van der Waals surface area contributed by atoms with Crippen LogP contribution in [0.2, 0.25) is 0 Å². The Balaban J connectivity index is 2.22. The monoisotopic (exact) mass is 319 g/mol. The lowest BCUT2D eigenvalue weighted by Gasteiger charge is -2.14. The molecule has 0 fully saturated rings. The van der Waals surface area contributed by atoms with E-state index in [0.717, 1.165) is 11.1 Å². The van der Waals surface area contributed by atoms with E-state index in [4.69, 9.17) is 4.74 Å². The summed E-state index contributed by atoms with van der Waals surface area (Å²) in [5.41, 5.74) is 2.30. The van der Waals surface area contributed by atoms with Gasteiger partial charge in [0.15, 0.2) is 0 Å². The van der Waals surface area contributed by atoms with Crippen molar-refractivity contribution in [1.82, 2.24) is 0 Å². The largest absolute Gasteiger partial charge is 0.495 e. The molecule has 0 spiro atoms. The molecule has 118 valence electrons. The number of sulfonamides is 1. The number of methoxy groups -OCH3 is 1. The van der Waals surface area contributed by atoms with E-state index in [0.29, 0.717) is 17.4 Å². The van der Waals surface area contributed by atoms with Gasteiger partial charge in [-0.3, -0.25) is 4.72 Å². The third-order valence-corrected chi connectivity index (χ3v) is 4.60. The topological polar surface area (TPSA) is 55.4 Å². The van der Waals surface area contributed by atoms with Crippen molar-refractivity contribution < 1.29 is 13.2 Å². The second-order valence-corrected chi connectivity index (χ2v) is 7.18. The van der Waals surface area contributed by atoms with Crippen LogP contribution in [0.5, 0.6) is 5.75 Å². The van der Waals surface area contributed by atoms with Crippen LogP contribution in [0, 0.1) is 0 Å². The van der Waals surface area contributed by atoms with Gasteiger partial charge >= 0.3 is 0 Å². The Hall–Kier alpha value is -2.01. The standard InChI is InChI=1S/C17H21NO3S/c1-13(2)15-9-10-16(17(11-15)21-3)18-22(19,20)12-14-7-5-4-6-8-14/h4-11,13,18H,12H2,1-3H3. The molecule has 0 heterocycles. The van der Waals surface area contributed by atoms with Gasteiger partial charge in [0.25, 0.3) is 0 Å². The average Bonchev–Trinajstić information content (AvgIpc) is 2.47. The van der Waals surface area contributed by atoms with E-state index in [-0.39, 0.29) is 5.75 Å². The summed E-state index contributed by atoms with van der Waals surface area (Å²) in [6.07, 6.45) is 0. The van der Waals surface area contributed by atoms with Crippen LogP contribution in [0.25, 0.3) is 0 Å². The number of anilines is 1. The summed E-state index contributed by atoms with van der Waals surface area (Å²) < 4.78 is 32.5. The van der Waals surface area contributed by atoms with Crippen LogP contribution in [0.1, 0.15) is 30.9 Å². The lowest BCUT2D eigenvalue weighted by atomic mass is 10.0. The Bertz CT molecular complexity index is 725. The van der Waals surface area contributed by atoms with Gasteiger partial charge < -0.3 is 4.74 Å². The van der Waals surface area contributed by atoms with Crippen LogP contribution in [0.15, 0.2) is 48.5 Å². The molecule has 0 aliphatic heterocycles. The molecule has 0 aliphatic carbocycles. The predicted octanol–water partition coefficient (Wildman–Crippen LogP) is 3.76. The van der Waals surface area contributed by atoms with Gasteiger partial charge in [0.1, 0.15) is 5.75 Å². The Morgan fingerprint density at radius 1 is 1.09 bits per heavy atom. The highest BCUT2D eigenvalue weighted by Crippen LogP contribution is 2.29. The summed E-state index contributed by atoms with van der Waals surface area (Å²) in [5.74, 6) is 0.815. The number of hydrogen-bond donors (Lipinski definition) is 1. The van der Waals surface area contributed by atoms with Crippen LogP contribution in [-0.4, -0.2) is 15.5 Å². The molecular formula is C17H21NO3S. The maximum Gasteiger partial charge on any atom is 0.237 e. The van der Waals surface area contributed by atoms with Gasteiger partial charge in [-0.1, -0.05) is 50.2 Å². The van der Waals surface area contributed by atoms with E-state index in [2.05, 4.69) is 18.6 Å². The summed E-state index contributed by atoms with van der Waals surface area (Å²) >= 11 is 0. The first-order valence-electron chi connectivity index (χ1n) is 7.13. The molecule has 0 atom stereocenters. The Labute approximate surface area is 132 Å². The van der Waals surface area contributed by atoms with Crippen molar-refractivity contribution >= 4 is 15.7 Å². The van der Waals surface area contributed by atoms with E-state index in [1.165, 1.54) is 7.11 Å². The minimum Gasteiger partial charge on any atom is -0.495 e. The zero-order chi connectivity index (χ0) is 16.2. The third-order valence-electron chi connectivity index (χ3n) is 3.36. The first-order valence-corrected chi connectivity index (χ1v) is 8.79. The Morgan fingerprint density at radius 3 is 2.36 bits per heavy atom. The molecule has 0 bridgehead atoms. The Morgan fingerprint density at radius 2 is 1.77 bits per heavy atom. The first kappa shape index (κ1) is 16.4. The molecule has 2 aromatic rings. The van der Waals surface area contributed by atoms with Crippen LogP contribution < -0.4 is 9.46 Å². The van der Waals surface area contributed by atoms with E-state index in [9.17, 15) is 8.42 Å². The van der Waals surface area contributed by atoms with Crippen LogP contribution in [0.3, 0.4) is 0 Å². The summed E-state index contributed by atoms with van der Waals surface area (Å²) in [7, 11) is -1.95. The number of rotatable bonds is 6. The summed E-state index contributed by atoms with van der Waals surface area (Å²) in [5, 5.41) is 0. The summed E-state index contributed by atoms with van der Waals surface area (Å²) in [4.78, 5) is 0. The van der Waals surface area contributed by atoms with Crippen molar-refractivity contribution in [3.8, 4) is 5.75 Å². The molecular weight excluding hydrogens is 298 g/mol. The first-order chi connectivity index (χ1) is 10.4. The fourth-order valence-corrected chi connectivity index (χ4v) is 3.36. The smallest absolute Gasteiger partial charge is 0.237 e. The fourth-order valence-electron chi connectivity index (χ4n) is 2.15. The van der Waals surface area contributed by atoms with Gasteiger partial charge in [-0.2, -0.15) is 0 Å². The maximum atomic E-state index is 12.3. The van der Waals surface area contributed by atoms with Gasteiger partial charge in [-0.25, -0.2) is 8.42 Å². The zero-order valence-electron chi connectivity index (χ0n) is 13.0. The van der Waals surface area contributed by atoms with Crippen molar-refractivity contribution in [2.45, 2.75) is 25.5 Å². The predicted molar refractivity (Wildman–Crippen MR) is 89.8 cm³/mol. The molecule has 5 heteroatoms. The van der Waals surface area contributed by atoms with Crippen molar-refractivity contribution in [2.75, 3.05) is 11.8 Å². The normalized spacial score (nSPS) is 11.5. The SMILES string of the molecule is COc1cc(C(C)C)ccc1NS(=O)(=O)Cc1ccccc1. The lowest BCUT2D eigenvalue weighted by Crippen LogP contribution is -2.15. The molecule has 0 amide bonds. The molecule has 1 N–H and O–H groups in total. The van der Waals surface area contributed by atoms with Gasteiger partial charge in [-0.15, -0.1) is 0 Å². The zero-order valence-corrected chi connectivity index (χ0v) is 13.9. The molecule has 0 saturated carbocycles. The molecule has 0 radical (unpaired) electrons. The lowest BCUT2D eigenvalue weighted by molar-refractivity contribution is 0.416. The number of ether oxygens (including phenoxy) is 1. The van der Waals surface area contributed by atoms with Crippen molar-refractivity contribution in [2.24, 2.45) is 0 Å². The maximum absolute atomic E-state index is 12.3. The van der Waals surface area contributed by atoms with E-state index in [1.54, 1.807) is 18.2 Å². The quantitative estimate of drug-likeness (QED) is 0.882. The molecule has 22 heavy (non-hydrogen) atoms. The number of hydrogen-bond acceptors (Lipinski definition) is 3. The molecule has 2 aromatic carbocycles. The van der Waals surface area contributed by atoms with Crippen LogP contribution in [0.4, 0.5) is 5.69 Å². The molecule has 0 aromatic heterocycles. The molecule has 0 unspecified atom stereocenters. The molecule has 4 nitrogen and oxygen atoms in total. The highest BCUT2D eigenvalue weighted by Gasteiger charge is 2.15. The second-order valence-electron chi connectivity index (χ2n) is 5.46. The van der Waals surface area contributed by atoms with Gasteiger partial charge in [0, 0.05) is 0 Å². The van der Waals surface area contributed by atoms with Crippen LogP contribution in [-0.2, 0) is 15.8 Å². The van der Waals surface area contributed by atoms with Crippen LogP contribution >= 0.6 is 0 Å². The molecule has 2 rings (SSSR count). The van der Waals surface area contributed by atoms with Crippen molar-refractivity contribution in [3.05, 3.63) is 59.7 Å². The highest BCUT2D eigenvalue weighted by atomic mass is 32.2. The summed E-state index contributed by atoms with van der Waals surface area (Å²) in [6.45, 7) is 4.15. The number of benzene rings is 2. The van der Waals surface area contributed by atoms with Crippen molar-refractivity contribution in [1.29, 1.82) is 0 Å². The highest BCUT2D eigenvalue weighted by molar-refractivity contribution is 7.91. The van der Waals surface area contributed by atoms with E-state index in [1.807, 2.05) is 30.3 Å². The minimum atomic E-state index is -3.48. The molecule has 0 saturated heterocycles. The van der Waals surface area contributed by atoms with E-state index >= 15 is 0 Å². The molecule has 0 aliphatic rings. The van der Waals surface area contributed by atoms with Gasteiger partial charge in [-0.05, 0) is 29.2 Å².